The predicted molar refractivity (Wildman–Crippen MR) is 62.7 cm³/mol. The van der Waals surface area contributed by atoms with Gasteiger partial charge in [-0.25, -0.2) is 9.79 Å². The van der Waals surface area contributed by atoms with Gasteiger partial charge in [0.05, 0.1) is 12.5 Å². The maximum Gasteiger partial charge on any atom is 0.176 e. The van der Waals surface area contributed by atoms with Gasteiger partial charge in [-0.1, -0.05) is 11.8 Å². The van der Waals surface area contributed by atoms with E-state index < -0.39 is 0 Å². The topological polar surface area (TPSA) is 50.7 Å². The number of aliphatic imine (C=N–C) groups is 1. The molecule has 0 atom stereocenters. The summed E-state index contributed by atoms with van der Waals surface area (Å²) in [6, 6.07) is 0. The zero-order chi connectivity index (χ0) is 11.3. The molecule has 0 aliphatic carbocycles. The van der Waals surface area contributed by atoms with E-state index in [4.69, 9.17) is 16.3 Å². The first-order chi connectivity index (χ1) is 7.26. The van der Waals surface area contributed by atoms with E-state index >= 15 is 0 Å². The van der Waals surface area contributed by atoms with Crippen LogP contribution < -0.4 is 5.32 Å². The van der Waals surface area contributed by atoms with Crippen LogP contribution in [0.2, 0.25) is 0 Å². The molecule has 0 saturated heterocycles. The summed E-state index contributed by atoms with van der Waals surface area (Å²) in [7, 11) is 0. The van der Waals surface area contributed by atoms with E-state index in [1.807, 2.05) is 13.2 Å². The summed E-state index contributed by atoms with van der Waals surface area (Å²) in [6.45, 7) is 2.28. The summed E-state index contributed by atoms with van der Waals surface area (Å²) < 4.78 is 5.30. The number of nitrogens with zero attached hydrogens (tertiary/aromatic N) is 1. The Kier molecular flexibility index (Phi) is 4.75. The van der Waals surface area contributed by atoms with Crippen LogP contribution in [-0.4, -0.2) is 29.9 Å². The molecule has 0 unspecified atom stereocenters. The summed E-state index contributed by atoms with van der Waals surface area (Å²) in [5, 5.41) is 3.43. The summed E-state index contributed by atoms with van der Waals surface area (Å²) >= 11 is 7.13. The van der Waals surface area contributed by atoms with Gasteiger partial charge < -0.3 is 10.1 Å². The van der Waals surface area contributed by atoms with E-state index in [1.165, 1.54) is 11.8 Å². The van der Waals surface area contributed by atoms with E-state index in [9.17, 15) is 4.79 Å². The number of carbonyl (C=O) groups excluding carboxylic acids is 1. The van der Waals surface area contributed by atoms with Crippen LogP contribution in [0.5, 0.6) is 0 Å². The second-order valence-corrected chi connectivity index (χ2v) is 3.63. The minimum Gasteiger partial charge on any atom is -0.489 e. The Balaban J connectivity index is 3.13. The highest BCUT2D eigenvalue weighted by molar-refractivity contribution is 8.13. The van der Waals surface area contributed by atoms with Crippen molar-refractivity contribution < 1.29 is 9.53 Å². The number of nitrogens with one attached hydrogen (secondary N) is 1. The molecule has 0 aromatic carbocycles. The molecule has 82 valence electrons. The zero-order valence-electron chi connectivity index (χ0n) is 8.46. The Bertz CT molecular complexity index is 359. The molecular formula is C9H11ClN2O2S. The van der Waals surface area contributed by atoms with E-state index in [0.717, 1.165) is 0 Å². The average Bonchev–Trinajstić information content (AvgIpc) is 2.29. The van der Waals surface area contributed by atoms with Crippen LogP contribution in [0.25, 0.3) is 0 Å². The quantitative estimate of drug-likeness (QED) is 0.606. The van der Waals surface area contributed by atoms with Crippen molar-refractivity contribution >= 4 is 34.5 Å². The molecule has 0 amide bonds. The highest BCUT2D eigenvalue weighted by Crippen LogP contribution is 2.21. The van der Waals surface area contributed by atoms with E-state index in [0.29, 0.717) is 23.2 Å². The van der Waals surface area contributed by atoms with Crippen molar-refractivity contribution in [2.75, 3.05) is 18.7 Å². The number of allylic oxidation sites excluding steroid dienone is 1. The smallest absolute Gasteiger partial charge is 0.176 e. The van der Waals surface area contributed by atoms with Gasteiger partial charge in [-0.05, 0) is 13.2 Å². The Morgan fingerprint density at radius 1 is 1.67 bits per heavy atom. The number of halogens is 1. The fraction of sp³-hybridized carbons (Fsp3) is 0.444. The number of alkyl halides is 1. The lowest BCUT2D eigenvalue weighted by molar-refractivity contribution is 0.231. The first-order valence-electron chi connectivity index (χ1n) is 4.33. The minimum absolute atomic E-state index is 0.201. The SMILES string of the molecule is CCOC1=C(CCl)N=C(SC)NC1=C=O. The van der Waals surface area contributed by atoms with Crippen molar-refractivity contribution in [2.24, 2.45) is 4.99 Å². The van der Waals surface area contributed by atoms with E-state index in [-0.39, 0.29) is 11.6 Å². The van der Waals surface area contributed by atoms with Crippen LogP contribution in [0.1, 0.15) is 6.92 Å². The third-order valence-corrected chi connectivity index (χ3v) is 2.50. The van der Waals surface area contributed by atoms with Crippen molar-refractivity contribution in [1.29, 1.82) is 0 Å². The molecule has 1 N–H and O–H groups in total. The molecule has 0 aromatic rings. The van der Waals surface area contributed by atoms with E-state index in [2.05, 4.69) is 10.3 Å². The summed E-state index contributed by atoms with van der Waals surface area (Å²) in [4.78, 5) is 14.9. The maximum atomic E-state index is 10.7. The molecule has 0 spiro atoms. The number of rotatable bonds is 3. The molecule has 4 nitrogen and oxygen atoms in total. The molecule has 0 bridgehead atoms. The van der Waals surface area contributed by atoms with Crippen LogP contribution in [-0.2, 0) is 9.53 Å². The highest BCUT2D eigenvalue weighted by Gasteiger charge is 2.20. The molecule has 0 saturated carbocycles. The van der Waals surface area contributed by atoms with Gasteiger partial charge in [-0.2, -0.15) is 0 Å². The number of thioether (sulfide) groups is 1. The number of amidine groups is 1. The van der Waals surface area contributed by atoms with E-state index in [1.54, 1.807) is 5.94 Å². The Labute approximate surface area is 97.4 Å². The van der Waals surface area contributed by atoms with Gasteiger partial charge in [-0.15, -0.1) is 11.6 Å². The fourth-order valence-corrected chi connectivity index (χ4v) is 1.65. The van der Waals surface area contributed by atoms with Gasteiger partial charge in [0.25, 0.3) is 0 Å². The lowest BCUT2D eigenvalue weighted by Gasteiger charge is -2.19. The summed E-state index contributed by atoms with van der Waals surface area (Å²) in [5.41, 5.74) is 0.812. The normalized spacial score (nSPS) is 15.7. The second kappa shape index (κ2) is 5.85. The van der Waals surface area contributed by atoms with Crippen LogP contribution in [0.4, 0.5) is 0 Å². The standard InChI is InChI=1S/C9H11ClN2O2S/c1-3-14-8-6(4-10)11-9(15-2)12-7(8)5-13/h3-4H2,1-2H3,(H,11,12). The minimum atomic E-state index is 0.201. The first-order valence-corrected chi connectivity index (χ1v) is 6.09. The zero-order valence-corrected chi connectivity index (χ0v) is 10.0. The monoisotopic (exact) mass is 246 g/mol. The maximum absolute atomic E-state index is 10.7. The third-order valence-electron chi connectivity index (χ3n) is 1.67. The van der Waals surface area contributed by atoms with Gasteiger partial charge in [0.2, 0.25) is 0 Å². The van der Waals surface area contributed by atoms with Crippen LogP contribution in [0.3, 0.4) is 0 Å². The van der Waals surface area contributed by atoms with Crippen molar-refractivity contribution in [2.45, 2.75) is 6.92 Å². The molecule has 1 heterocycles. The Hall–Kier alpha value is -0.900. The van der Waals surface area contributed by atoms with Crippen molar-refractivity contribution in [3.05, 3.63) is 17.2 Å². The van der Waals surface area contributed by atoms with Crippen molar-refractivity contribution in [1.82, 2.24) is 5.32 Å². The third kappa shape index (κ3) is 2.78. The second-order valence-electron chi connectivity index (χ2n) is 2.57. The average molecular weight is 247 g/mol. The Morgan fingerprint density at radius 2 is 2.40 bits per heavy atom. The van der Waals surface area contributed by atoms with Gasteiger partial charge in [-0.3, -0.25) is 0 Å². The van der Waals surface area contributed by atoms with Crippen molar-refractivity contribution in [3.8, 4) is 0 Å². The molecule has 1 rings (SSSR count). The molecule has 15 heavy (non-hydrogen) atoms. The predicted octanol–water partition coefficient (Wildman–Crippen LogP) is 1.51. The van der Waals surface area contributed by atoms with Crippen LogP contribution in [0, 0.1) is 0 Å². The van der Waals surface area contributed by atoms with Gasteiger partial charge in [0.15, 0.2) is 22.6 Å². The Morgan fingerprint density at radius 3 is 2.87 bits per heavy atom. The summed E-state index contributed by atoms with van der Waals surface area (Å²) in [6.07, 6.45) is 1.85. The van der Waals surface area contributed by atoms with Crippen LogP contribution in [0.15, 0.2) is 22.1 Å². The molecule has 0 fully saturated rings. The lowest BCUT2D eigenvalue weighted by atomic mass is 10.3. The molecule has 1 aliphatic rings. The molecule has 1 aliphatic heterocycles. The number of hydrogen-bond acceptors (Lipinski definition) is 5. The van der Waals surface area contributed by atoms with Gasteiger partial charge in [0.1, 0.15) is 5.70 Å². The van der Waals surface area contributed by atoms with Gasteiger partial charge >= 0.3 is 0 Å². The first kappa shape index (κ1) is 12.2. The summed E-state index contributed by atoms with van der Waals surface area (Å²) in [5.74, 6) is 2.38. The number of hydrogen-bond donors (Lipinski definition) is 1. The molecule has 0 radical (unpaired) electrons. The number of ether oxygens (including phenoxy) is 1. The van der Waals surface area contributed by atoms with Crippen LogP contribution >= 0.6 is 23.4 Å². The van der Waals surface area contributed by atoms with Gasteiger partial charge in [0, 0.05) is 0 Å². The molecular weight excluding hydrogens is 236 g/mol. The lowest BCUT2D eigenvalue weighted by Crippen LogP contribution is -2.27. The molecule has 0 aromatic heterocycles. The highest BCUT2D eigenvalue weighted by atomic mass is 35.5. The van der Waals surface area contributed by atoms with Crippen molar-refractivity contribution in [3.63, 3.8) is 0 Å². The molecule has 6 heteroatoms. The largest absolute Gasteiger partial charge is 0.489 e. The fourth-order valence-electron chi connectivity index (χ4n) is 1.07.